The maximum Gasteiger partial charge on any atom is 0.211 e. The lowest BCUT2D eigenvalue weighted by Crippen LogP contribution is -2.39. The molecule has 0 aliphatic carbocycles. The van der Waals surface area contributed by atoms with Gasteiger partial charge < -0.3 is 10.6 Å². The molecule has 24 heavy (non-hydrogen) atoms. The Balaban J connectivity index is 2.42. The summed E-state index contributed by atoms with van der Waals surface area (Å²) in [6, 6.07) is 3.26. The van der Waals surface area contributed by atoms with Gasteiger partial charge in [0.25, 0.3) is 0 Å². The molecule has 0 radical (unpaired) electrons. The third-order valence-corrected chi connectivity index (χ3v) is 4.75. The van der Waals surface area contributed by atoms with Gasteiger partial charge in [0.15, 0.2) is 5.96 Å². The van der Waals surface area contributed by atoms with Crippen LogP contribution in [0.3, 0.4) is 0 Å². The lowest BCUT2D eigenvalue weighted by Gasteiger charge is -2.18. The van der Waals surface area contributed by atoms with Gasteiger partial charge in [-0.25, -0.2) is 21.5 Å². The summed E-state index contributed by atoms with van der Waals surface area (Å²) >= 11 is 0. The molecule has 2 N–H and O–H groups in total. The zero-order valence-electron chi connectivity index (χ0n) is 14.1. The highest BCUT2D eigenvalue weighted by molar-refractivity contribution is 7.88. The molecule has 0 saturated heterocycles. The van der Waals surface area contributed by atoms with E-state index in [0.717, 1.165) is 18.2 Å². The average Bonchev–Trinajstić information content (AvgIpc) is 2.52. The fourth-order valence-corrected chi connectivity index (χ4v) is 3.03. The first-order chi connectivity index (χ1) is 11.3. The molecule has 1 aromatic carbocycles. The quantitative estimate of drug-likeness (QED) is 0.415. The van der Waals surface area contributed by atoms with E-state index >= 15 is 0 Å². The van der Waals surface area contributed by atoms with Gasteiger partial charge in [-0.1, -0.05) is 6.92 Å². The van der Waals surface area contributed by atoms with Gasteiger partial charge in [-0.3, -0.25) is 4.99 Å². The Kier molecular flexibility index (Phi) is 8.06. The van der Waals surface area contributed by atoms with Crippen LogP contribution in [0.1, 0.15) is 18.9 Å². The summed E-state index contributed by atoms with van der Waals surface area (Å²) in [6.45, 7) is 3.19. The number of hydrogen-bond donors (Lipinski definition) is 2. The maximum atomic E-state index is 13.5. The lowest BCUT2D eigenvalue weighted by molar-refractivity contribution is 0.424. The molecule has 0 saturated carbocycles. The molecule has 9 heteroatoms. The van der Waals surface area contributed by atoms with Gasteiger partial charge in [0.2, 0.25) is 10.0 Å². The summed E-state index contributed by atoms with van der Waals surface area (Å²) in [5, 5.41) is 5.89. The molecule has 136 valence electrons. The van der Waals surface area contributed by atoms with Crippen molar-refractivity contribution >= 4 is 16.0 Å². The summed E-state index contributed by atoms with van der Waals surface area (Å²) in [5.41, 5.74) is 0.201. The molecule has 0 heterocycles. The number of guanidine groups is 1. The fraction of sp³-hybridized carbons (Fsp3) is 0.533. The summed E-state index contributed by atoms with van der Waals surface area (Å²) < 4.78 is 51.0. The van der Waals surface area contributed by atoms with Gasteiger partial charge >= 0.3 is 0 Å². The van der Waals surface area contributed by atoms with Gasteiger partial charge in [-0.05, 0) is 24.6 Å². The van der Waals surface area contributed by atoms with E-state index < -0.39 is 21.7 Å². The first-order valence-electron chi connectivity index (χ1n) is 7.61. The summed E-state index contributed by atoms with van der Waals surface area (Å²) in [7, 11) is -1.63. The lowest BCUT2D eigenvalue weighted by atomic mass is 10.2. The van der Waals surface area contributed by atoms with Gasteiger partial charge in [-0.15, -0.1) is 0 Å². The van der Waals surface area contributed by atoms with Crippen LogP contribution in [-0.2, 0) is 16.6 Å². The number of rotatable bonds is 8. The van der Waals surface area contributed by atoms with Crippen molar-refractivity contribution in [3.05, 3.63) is 35.4 Å². The molecule has 0 aliphatic rings. The van der Waals surface area contributed by atoms with Crippen LogP contribution in [0.2, 0.25) is 0 Å². The standard InChI is InChI=1S/C15H24F2N4O2S/c1-4-21(24(3,22)23)9-5-8-19-15(18-2)20-11-12-10-13(16)6-7-14(12)17/h6-7,10H,4-5,8-9,11H2,1-3H3,(H2,18,19,20). The van der Waals surface area contributed by atoms with Crippen LogP contribution >= 0.6 is 0 Å². The summed E-state index contributed by atoms with van der Waals surface area (Å²) in [4.78, 5) is 3.99. The van der Waals surface area contributed by atoms with E-state index in [0.29, 0.717) is 32.0 Å². The molecular weight excluding hydrogens is 338 g/mol. The van der Waals surface area contributed by atoms with Gasteiger partial charge in [0.05, 0.1) is 6.26 Å². The number of nitrogens with zero attached hydrogens (tertiary/aromatic N) is 2. The van der Waals surface area contributed by atoms with Crippen molar-refractivity contribution in [1.29, 1.82) is 0 Å². The Morgan fingerprint density at radius 2 is 2.00 bits per heavy atom. The Morgan fingerprint density at radius 3 is 2.58 bits per heavy atom. The predicted molar refractivity (Wildman–Crippen MR) is 91.3 cm³/mol. The van der Waals surface area contributed by atoms with E-state index in [4.69, 9.17) is 0 Å². The third-order valence-electron chi connectivity index (χ3n) is 3.38. The second-order valence-electron chi connectivity index (χ2n) is 5.20. The zero-order valence-corrected chi connectivity index (χ0v) is 15.0. The predicted octanol–water partition coefficient (Wildman–Crippen LogP) is 1.30. The second kappa shape index (κ2) is 9.53. The highest BCUT2D eigenvalue weighted by atomic mass is 32.2. The van der Waals surface area contributed by atoms with E-state index in [1.54, 1.807) is 14.0 Å². The first-order valence-corrected chi connectivity index (χ1v) is 9.46. The second-order valence-corrected chi connectivity index (χ2v) is 7.18. The zero-order chi connectivity index (χ0) is 18.2. The molecule has 1 aromatic rings. The SMILES string of the molecule is CCN(CCCNC(=NC)NCc1cc(F)ccc1F)S(C)(=O)=O. The van der Waals surface area contributed by atoms with Crippen LogP contribution in [0.4, 0.5) is 8.78 Å². The molecule has 0 atom stereocenters. The normalized spacial score (nSPS) is 12.5. The highest BCUT2D eigenvalue weighted by Gasteiger charge is 2.13. The molecule has 0 fully saturated rings. The number of nitrogens with one attached hydrogen (secondary N) is 2. The highest BCUT2D eigenvalue weighted by Crippen LogP contribution is 2.09. The van der Waals surface area contributed by atoms with Crippen molar-refractivity contribution in [3.63, 3.8) is 0 Å². The van der Waals surface area contributed by atoms with E-state index in [-0.39, 0.29) is 12.1 Å². The number of benzene rings is 1. The van der Waals surface area contributed by atoms with Crippen molar-refractivity contribution in [2.75, 3.05) is 32.9 Å². The topological polar surface area (TPSA) is 73.8 Å². The molecule has 0 aliphatic heterocycles. The van der Waals surface area contributed by atoms with E-state index in [1.165, 1.54) is 10.6 Å². The summed E-state index contributed by atoms with van der Waals surface area (Å²) in [5.74, 6) is -0.566. The minimum absolute atomic E-state index is 0.0910. The minimum atomic E-state index is -3.19. The van der Waals surface area contributed by atoms with E-state index in [2.05, 4.69) is 15.6 Å². The van der Waals surface area contributed by atoms with Crippen molar-refractivity contribution in [2.45, 2.75) is 19.9 Å². The molecule has 0 amide bonds. The Morgan fingerprint density at radius 1 is 1.29 bits per heavy atom. The monoisotopic (exact) mass is 362 g/mol. The van der Waals surface area contributed by atoms with Crippen LogP contribution in [-0.4, -0.2) is 51.6 Å². The number of sulfonamides is 1. The average molecular weight is 362 g/mol. The molecule has 1 rings (SSSR count). The maximum absolute atomic E-state index is 13.5. The molecular formula is C15H24F2N4O2S. The Labute approximate surface area is 142 Å². The van der Waals surface area contributed by atoms with Gasteiger partial charge in [0.1, 0.15) is 11.6 Å². The third kappa shape index (κ3) is 6.79. The van der Waals surface area contributed by atoms with Crippen LogP contribution in [0.15, 0.2) is 23.2 Å². The van der Waals surface area contributed by atoms with Crippen LogP contribution in [0.5, 0.6) is 0 Å². The van der Waals surface area contributed by atoms with Crippen molar-refractivity contribution in [2.24, 2.45) is 4.99 Å². The van der Waals surface area contributed by atoms with Crippen LogP contribution < -0.4 is 10.6 Å². The molecule has 0 bridgehead atoms. The van der Waals surface area contributed by atoms with Crippen molar-refractivity contribution in [3.8, 4) is 0 Å². The van der Waals surface area contributed by atoms with Gasteiger partial charge in [-0.2, -0.15) is 0 Å². The Bertz CT molecular complexity index is 665. The fourth-order valence-electron chi connectivity index (χ4n) is 2.10. The van der Waals surface area contributed by atoms with Crippen molar-refractivity contribution in [1.82, 2.24) is 14.9 Å². The van der Waals surface area contributed by atoms with Gasteiger partial charge in [0, 0.05) is 38.8 Å². The van der Waals surface area contributed by atoms with Crippen LogP contribution in [0, 0.1) is 11.6 Å². The largest absolute Gasteiger partial charge is 0.356 e. The number of hydrogen-bond acceptors (Lipinski definition) is 3. The van der Waals surface area contributed by atoms with E-state index in [9.17, 15) is 17.2 Å². The minimum Gasteiger partial charge on any atom is -0.356 e. The first kappa shape index (κ1) is 20.3. The molecule has 0 spiro atoms. The van der Waals surface area contributed by atoms with Crippen LogP contribution in [0.25, 0.3) is 0 Å². The number of halogens is 2. The Hall–Kier alpha value is -1.74. The molecule has 6 nitrogen and oxygen atoms in total. The number of aliphatic imine (C=N–C) groups is 1. The summed E-state index contributed by atoms with van der Waals surface area (Å²) in [6.07, 6.45) is 1.77. The van der Waals surface area contributed by atoms with Crippen molar-refractivity contribution < 1.29 is 17.2 Å². The molecule has 0 unspecified atom stereocenters. The van der Waals surface area contributed by atoms with E-state index in [1.807, 2.05) is 0 Å². The molecule has 0 aromatic heterocycles. The smallest absolute Gasteiger partial charge is 0.211 e.